The predicted molar refractivity (Wildman–Crippen MR) is 101 cm³/mol. The van der Waals surface area contributed by atoms with Crippen molar-refractivity contribution in [1.29, 1.82) is 0 Å². The van der Waals surface area contributed by atoms with Crippen LogP contribution in [0.3, 0.4) is 0 Å². The monoisotopic (exact) mass is 409 g/mol. The van der Waals surface area contributed by atoms with E-state index in [1.807, 2.05) is 0 Å². The maximum Gasteiger partial charge on any atom is 0.237 e. The van der Waals surface area contributed by atoms with Gasteiger partial charge in [-0.1, -0.05) is 23.4 Å². The fraction of sp³-hybridized carbons (Fsp3) is 0.118. The van der Waals surface area contributed by atoms with Gasteiger partial charge in [0.15, 0.2) is 5.82 Å². The first-order chi connectivity index (χ1) is 12.8. The van der Waals surface area contributed by atoms with E-state index in [-0.39, 0.29) is 5.69 Å². The maximum absolute atomic E-state index is 13.7. The van der Waals surface area contributed by atoms with Crippen LogP contribution < -0.4 is 11.2 Å². The second-order valence-corrected chi connectivity index (χ2v) is 7.30. The molecule has 0 aliphatic carbocycles. The lowest BCUT2D eigenvalue weighted by atomic mass is 10.2. The van der Waals surface area contributed by atoms with Crippen molar-refractivity contribution >= 4 is 35.0 Å². The topological polar surface area (TPSA) is 85.8 Å². The lowest BCUT2D eigenvalue weighted by Gasteiger charge is -2.12. The quantitative estimate of drug-likeness (QED) is 0.495. The van der Waals surface area contributed by atoms with Gasteiger partial charge in [-0.2, -0.15) is 0 Å². The van der Waals surface area contributed by atoms with E-state index in [4.69, 9.17) is 17.4 Å². The first-order valence-electron chi connectivity index (χ1n) is 7.74. The summed E-state index contributed by atoms with van der Waals surface area (Å²) in [6, 6.07) is 9.70. The van der Waals surface area contributed by atoms with E-state index in [0.29, 0.717) is 21.6 Å². The number of thioether (sulfide) groups is 1. The van der Waals surface area contributed by atoms with Crippen LogP contribution in [0.5, 0.6) is 0 Å². The molecule has 0 aliphatic rings. The van der Waals surface area contributed by atoms with Crippen LogP contribution in [0.4, 0.5) is 14.5 Å². The number of amides is 1. The molecule has 1 heterocycles. The van der Waals surface area contributed by atoms with Crippen LogP contribution >= 0.6 is 23.4 Å². The number of aromatic nitrogens is 3. The standard InChI is InChI=1S/C17H14ClF2N5OS/c1-9(16(26)22-14-8-12(19)6-7-13(14)20)27-17-24-23-15(25(17)21)10-2-4-11(18)5-3-10/h2-9H,21H2,1H3,(H,22,26). The number of nitrogens with one attached hydrogen (secondary N) is 1. The highest BCUT2D eigenvalue weighted by Crippen LogP contribution is 2.26. The Morgan fingerprint density at radius 2 is 1.93 bits per heavy atom. The van der Waals surface area contributed by atoms with Crippen LogP contribution in [0, 0.1) is 11.6 Å². The van der Waals surface area contributed by atoms with Gasteiger partial charge in [-0.15, -0.1) is 10.2 Å². The van der Waals surface area contributed by atoms with Crippen molar-refractivity contribution in [1.82, 2.24) is 14.9 Å². The molecule has 140 valence electrons. The molecule has 0 saturated carbocycles. The van der Waals surface area contributed by atoms with Gasteiger partial charge in [-0.3, -0.25) is 4.79 Å². The van der Waals surface area contributed by atoms with Gasteiger partial charge in [0, 0.05) is 16.7 Å². The van der Waals surface area contributed by atoms with E-state index < -0.39 is 22.8 Å². The Balaban J connectivity index is 1.72. The summed E-state index contributed by atoms with van der Waals surface area (Å²) in [4.78, 5) is 12.3. The van der Waals surface area contributed by atoms with Gasteiger partial charge in [-0.25, -0.2) is 13.5 Å². The molecule has 1 amide bonds. The molecule has 3 aromatic rings. The summed E-state index contributed by atoms with van der Waals surface area (Å²) in [7, 11) is 0. The predicted octanol–water partition coefficient (Wildman–Crippen LogP) is 3.71. The highest BCUT2D eigenvalue weighted by molar-refractivity contribution is 8.00. The zero-order chi connectivity index (χ0) is 19.6. The summed E-state index contributed by atoms with van der Waals surface area (Å²) in [5.74, 6) is 4.51. The zero-order valence-corrected chi connectivity index (χ0v) is 15.6. The summed E-state index contributed by atoms with van der Waals surface area (Å²) < 4.78 is 28.1. The minimum Gasteiger partial charge on any atom is -0.335 e. The first-order valence-corrected chi connectivity index (χ1v) is 9.00. The highest BCUT2D eigenvalue weighted by atomic mass is 35.5. The molecule has 1 atom stereocenters. The fourth-order valence-corrected chi connectivity index (χ4v) is 3.09. The molecule has 0 fully saturated rings. The van der Waals surface area contributed by atoms with Crippen LogP contribution in [-0.2, 0) is 4.79 Å². The van der Waals surface area contributed by atoms with Crippen LogP contribution in [-0.4, -0.2) is 26.0 Å². The van der Waals surface area contributed by atoms with Crippen LogP contribution in [0.1, 0.15) is 6.92 Å². The number of nitrogens with two attached hydrogens (primary N) is 1. The van der Waals surface area contributed by atoms with Gasteiger partial charge < -0.3 is 11.2 Å². The number of nitrogens with zero attached hydrogens (tertiary/aromatic N) is 3. The molecule has 0 radical (unpaired) electrons. The molecule has 3 N–H and O–H groups in total. The lowest BCUT2D eigenvalue weighted by Crippen LogP contribution is -2.24. The van der Waals surface area contributed by atoms with Crippen LogP contribution in [0.15, 0.2) is 47.6 Å². The molecule has 27 heavy (non-hydrogen) atoms. The Bertz CT molecular complexity index is 980. The molecular formula is C17H14ClF2N5OS. The number of anilines is 1. The number of carbonyl (C=O) groups excluding carboxylic acids is 1. The van der Waals surface area contributed by atoms with Crippen molar-refractivity contribution in [2.75, 3.05) is 11.2 Å². The second-order valence-electron chi connectivity index (χ2n) is 5.56. The Morgan fingerprint density at radius 3 is 2.63 bits per heavy atom. The summed E-state index contributed by atoms with van der Waals surface area (Å²) >= 11 is 6.90. The average molecular weight is 410 g/mol. The Kier molecular flexibility index (Phi) is 5.62. The number of hydrogen-bond acceptors (Lipinski definition) is 5. The minimum absolute atomic E-state index is 0.233. The third-order valence-electron chi connectivity index (χ3n) is 3.60. The largest absolute Gasteiger partial charge is 0.335 e. The highest BCUT2D eigenvalue weighted by Gasteiger charge is 2.21. The van der Waals surface area contributed by atoms with Crippen molar-refractivity contribution in [3.05, 3.63) is 59.1 Å². The molecule has 2 aromatic carbocycles. The van der Waals surface area contributed by atoms with Crippen molar-refractivity contribution in [2.45, 2.75) is 17.3 Å². The summed E-state index contributed by atoms with van der Waals surface area (Å²) in [6.07, 6.45) is 0. The van der Waals surface area contributed by atoms with Crippen LogP contribution in [0.25, 0.3) is 11.4 Å². The van der Waals surface area contributed by atoms with Crippen molar-refractivity contribution < 1.29 is 13.6 Å². The normalized spacial score (nSPS) is 12.0. The van der Waals surface area contributed by atoms with E-state index in [0.717, 1.165) is 30.0 Å². The first kappa shape index (κ1) is 19.1. The van der Waals surface area contributed by atoms with Crippen molar-refractivity contribution in [3.8, 4) is 11.4 Å². The van der Waals surface area contributed by atoms with E-state index in [2.05, 4.69) is 15.5 Å². The molecule has 6 nitrogen and oxygen atoms in total. The molecule has 0 spiro atoms. The molecule has 10 heteroatoms. The summed E-state index contributed by atoms with van der Waals surface area (Å²) in [5.41, 5.74) is 0.476. The number of benzene rings is 2. The molecular weight excluding hydrogens is 396 g/mol. The van der Waals surface area contributed by atoms with Crippen LogP contribution in [0.2, 0.25) is 5.02 Å². The lowest BCUT2D eigenvalue weighted by molar-refractivity contribution is -0.115. The zero-order valence-electron chi connectivity index (χ0n) is 14.0. The SMILES string of the molecule is CC(Sc1nnc(-c2ccc(Cl)cc2)n1N)C(=O)Nc1cc(F)ccc1F. The number of hydrogen-bond donors (Lipinski definition) is 2. The number of rotatable bonds is 5. The van der Waals surface area contributed by atoms with E-state index in [1.165, 1.54) is 4.68 Å². The molecule has 0 bridgehead atoms. The van der Waals surface area contributed by atoms with Gasteiger partial charge >= 0.3 is 0 Å². The molecule has 0 saturated heterocycles. The van der Waals surface area contributed by atoms with Gasteiger partial charge in [0.25, 0.3) is 0 Å². The molecule has 3 rings (SSSR count). The van der Waals surface area contributed by atoms with Gasteiger partial charge in [0.1, 0.15) is 11.6 Å². The number of carbonyl (C=O) groups is 1. The smallest absolute Gasteiger partial charge is 0.237 e. The molecule has 1 aromatic heterocycles. The third-order valence-corrected chi connectivity index (χ3v) is 4.91. The Labute approximate surface area is 162 Å². The Morgan fingerprint density at radius 1 is 1.22 bits per heavy atom. The van der Waals surface area contributed by atoms with Gasteiger partial charge in [-0.05, 0) is 43.3 Å². The molecule has 0 aliphatic heterocycles. The maximum atomic E-state index is 13.7. The van der Waals surface area contributed by atoms with E-state index in [1.54, 1.807) is 31.2 Å². The average Bonchev–Trinajstić information content (AvgIpc) is 2.99. The third kappa shape index (κ3) is 4.37. The van der Waals surface area contributed by atoms with Gasteiger partial charge in [0.2, 0.25) is 11.1 Å². The van der Waals surface area contributed by atoms with Crippen molar-refractivity contribution in [2.24, 2.45) is 0 Å². The van der Waals surface area contributed by atoms with Gasteiger partial charge in [0.05, 0.1) is 10.9 Å². The molecule has 1 unspecified atom stereocenters. The summed E-state index contributed by atoms with van der Waals surface area (Å²) in [5, 5.41) is 10.5. The Hall–Kier alpha value is -2.65. The second kappa shape index (κ2) is 7.93. The summed E-state index contributed by atoms with van der Waals surface area (Å²) in [6.45, 7) is 1.59. The fourth-order valence-electron chi connectivity index (χ4n) is 2.19. The number of nitrogen functional groups attached to an aromatic ring is 1. The van der Waals surface area contributed by atoms with Crippen molar-refractivity contribution in [3.63, 3.8) is 0 Å². The minimum atomic E-state index is -0.728. The van der Waals surface area contributed by atoms with E-state index >= 15 is 0 Å². The van der Waals surface area contributed by atoms with E-state index in [9.17, 15) is 13.6 Å². The number of halogens is 3.